The van der Waals surface area contributed by atoms with Gasteiger partial charge in [-0.15, -0.1) is 0 Å². The summed E-state index contributed by atoms with van der Waals surface area (Å²) in [6.45, 7) is 1.09. The SMILES string of the molecule is C[NH+](CCO)C12C[C@@H]3C[C@H](CC(O)(C3)C1)C2. The van der Waals surface area contributed by atoms with E-state index in [1.54, 1.807) is 0 Å². The van der Waals surface area contributed by atoms with E-state index < -0.39 is 0 Å². The number of hydrogen-bond acceptors (Lipinski definition) is 2. The number of likely N-dealkylation sites (N-methyl/N-ethyl adjacent to an activating group) is 1. The molecule has 0 aromatic rings. The molecule has 0 saturated heterocycles. The third-order valence-electron chi connectivity index (χ3n) is 5.42. The topological polar surface area (TPSA) is 44.9 Å². The van der Waals surface area contributed by atoms with E-state index in [-0.39, 0.29) is 17.7 Å². The molecule has 4 bridgehead atoms. The van der Waals surface area contributed by atoms with Crippen LogP contribution in [0.4, 0.5) is 0 Å². The summed E-state index contributed by atoms with van der Waals surface area (Å²) in [5, 5.41) is 19.7. The van der Waals surface area contributed by atoms with Crippen molar-refractivity contribution in [3.8, 4) is 0 Å². The number of aliphatic hydroxyl groups is 2. The molecule has 92 valence electrons. The highest BCUT2D eigenvalue weighted by Gasteiger charge is 2.60. The molecule has 4 fully saturated rings. The van der Waals surface area contributed by atoms with Gasteiger partial charge in [-0.2, -0.15) is 0 Å². The Hall–Kier alpha value is -0.120. The Bertz CT molecular complexity index is 278. The second-order valence-electron chi connectivity index (χ2n) is 6.72. The van der Waals surface area contributed by atoms with Crippen LogP contribution in [0.2, 0.25) is 0 Å². The van der Waals surface area contributed by atoms with Crippen LogP contribution in [-0.2, 0) is 0 Å². The fourth-order valence-corrected chi connectivity index (χ4v) is 5.15. The first-order chi connectivity index (χ1) is 7.55. The molecule has 0 aromatic heterocycles. The van der Waals surface area contributed by atoms with E-state index in [1.807, 2.05) is 0 Å². The Labute approximate surface area is 97.4 Å². The van der Waals surface area contributed by atoms with E-state index in [0.29, 0.717) is 0 Å². The number of aliphatic hydroxyl groups excluding tert-OH is 1. The van der Waals surface area contributed by atoms with Crippen LogP contribution in [0.3, 0.4) is 0 Å². The lowest BCUT2D eigenvalue weighted by molar-refractivity contribution is -0.941. The second kappa shape index (κ2) is 3.44. The van der Waals surface area contributed by atoms with Crippen molar-refractivity contribution < 1.29 is 15.1 Å². The van der Waals surface area contributed by atoms with Crippen molar-refractivity contribution in [3.63, 3.8) is 0 Å². The maximum atomic E-state index is 10.6. The van der Waals surface area contributed by atoms with Crippen molar-refractivity contribution in [2.24, 2.45) is 11.8 Å². The van der Waals surface area contributed by atoms with Crippen molar-refractivity contribution >= 4 is 0 Å². The van der Waals surface area contributed by atoms with Crippen LogP contribution in [0.25, 0.3) is 0 Å². The van der Waals surface area contributed by atoms with Gasteiger partial charge in [-0.3, -0.25) is 0 Å². The zero-order valence-electron chi connectivity index (χ0n) is 10.2. The van der Waals surface area contributed by atoms with Crippen molar-refractivity contribution in [2.75, 3.05) is 20.2 Å². The maximum Gasteiger partial charge on any atom is 0.101 e. The average molecular weight is 226 g/mol. The fraction of sp³-hybridized carbons (Fsp3) is 1.00. The van der Waals surface area contributed by atoms with Gasteiger partial charge in [-0.05, 0) is 31.1 Å². The summed E-state index contributed by atoms with van der Waals surface area (Å²) >= 11 is 0. The Kier molecular flexibility index (Phi) is 2.36. The van der Waals surface area contributed by atoms with Crippen LogP contribution in [0.15, 0.2) is 0 Å². The van der Waals surface area contributed by atoms with Gasteiger partial charge in [0.15, 0.2) is 0 Å². The molecule has 1 unspecified atom stereocenters. The number of nitrogens with one attached hydrogen (secondary N) is 1. The molecule has 4 aliphatic rings. The lowest BCUT2D eigenvalue weighted by atomic mass is 9.50. The molecular formula is C13H24NO2+. The molecule has 3 N–H and O–H groups in total. The smallest absolute Gasteiger partial charge is 0.101 e. The van der Waals surface area contributed by atoms with Crippen LogP contribution >= 0.6 is 0 Å². The van der Waals surface area contributed by atoms with E-state index in [0.717, 1.165) is 37.6 Å². The van der Waals surface area contributed by atoms with E-state index in [2.05, 4.69) is 7.05 Å². The molecule has 0 amide bonds. The molecule has 4 rings (SSSR count). The van der Waals surface area contributed by atoms with Gasteiger partial charge >= 0.3 is 0 Å². The van der Waals surface area contributed by atoms with E-state index >= 15 is 0 Å². The molecule has 3 atom stereocenters. The number of hydrogen-bond donors (Lipinski definition) is 3. The largest absolute Gasteiger partial charge is 0.391 e. The first kappa shape index (κ1) is 11.0. The summed E-state index contributed by atoms with van der Waals surface area (Å²) in [7, 11) is 2.20. The van der Waals surface area contributed by atoms with Crippen molar-refractivity contribution in [1.29, 1.82) is 0 Å². The number of rotatable bonds is 3. The van der Waals surface area contributed by atoms with Crippen LogP contribution in [0, 0.1) is 11.8 Å². The van der Waals surface area contributed by atoms with Crippen LogP contribution in [-0.4, -0.2) is 41.6 Å². The third-order valence-corrected chi connectivity index (χ3v) is 5.42. The summed E-state index contributed by atoms with van der Waals surface area (Å²) in [5.74, 6) is 1.50. The van der Waals surface area contributed by atoms with Crippen molar-refractivity contribution in [2.45, 2.75) is 49.7 Å². The molecule has 3 heteroatoms. The highest BCUT2D eigenvalue weighted by molar-refractivity contribution is 5.09. The van der Waals surface area contributed by atoms with Gasteiger partial charge in [-0.25, -0.2) is 0 Å². The van der Waals surface area contributed by atoms with Crippen molar-refractivity contribution in [1.82, 2.24) is 0 Å². The van der Waals surface area contributed by atoms with Gasteiger partial charge in [0, 0.05) is 19.3 Å². The second-order valence-corrected chi connectivity index (χ2v) is 6.72. The fourth-order valence-electron chi connectivity index (χ4n) is 5.15. The predicted molar refractivity (Wildman–Crippen MR) is 61.2 cm³/mol. The quantitative estimate of drug-likeness (QED) is 0.612. The summed E-state index contributed by atoms with van der Waals surface area (Å²) in [6.07, 6.45) is 6.94. The van der Waals surface area contributed by atoms with Gasteiger partial charge in [0.05, 0.1) is 19.3 Å². The summed E-state index contributed by atoms with van der Waals surface area (Å²) in [5.41, 5.74) is -0.0810. The molecule has 4 aliphatic carbocycles. The molecule has 0 aliphatic heterocycles. The Morgan fingerprint density at radius 3 is 2.31 bits per heavy atom. The van der Waals surface area contributed by atoms with E-state index in [1.165, 1.54) is 24.2 Å². The van der Waals surface area contributed by atoms with Gasteiger partial charge < -0.3 is 15.1 Å². The minimum atomic E-state index is -0.360. The molecule has 0 heterocycles. The lowest BCUT2D eigenvalue weighted by Gasteiger charge is -2.60. The molecule has 0 aromatic carbocycles. The van der Waals surface area contributed by atoms with Gasteiger partial charge in [0.1, 0.15) is 12.1 Å². The molecule has 3 nitrogen and oxygen atoms in total. The van der Waals surface area contributed by atoms with Crippen LogP contribution in [0.1, 0.15) is 38.5 Å². The third kappa shape index (κ3) is 1.52. The summed E-state index contributed by atoms with van der Waals surface area (Å²) in [4.78, 5) is 1.45. The normalized spacial score (nSPS) is 51.9. The minimum absolute atomic E-state index is 0.265. The standard InChI is InChI=1S/C13H23NO2/c1-14(2-3-15)12-5-10-4-11(6-12)8-13(16,7-10)9-12/h10-11,15-16H,2-9H2,1H3/p+1/t10-,11-,12?,13?/m0/s1. The highest BCUT2D eigenvalue weighted by Crippen LogP contribution is 2.56. The molecular weight excluding hydrogens is 202 g/mol. The highest BCUT2D eigenvalue weighted by atomic mass is 16.3. The van der Waals surface area contributed by atoms with Crippen LogP contribution < -0.4 is 4.90 Å². The zero-order chi connectivity index (χ0) is 11.4. The Morgan fingerprint density at radius 2 is 1.81 bits per heavy atom. The van der Waals surface area contributed by atoms with Gasteiger partial charge in [0.25, 0.3) is 0 Å². The lowest BCUT2D eigenvalue weighted by Crippen LogP contribution is -3.19. The van der Waals surface area contributed by atoms with Crippen LogP contribution in [0.5, 0.6) is 0 Å². The Morgan fingerprint density at radius 1 is 1.19 bits per heavy atom. The van der Waals surface area contributed by atoms with Gasteiger partial charge in [0.2, 0.25) is 0 Å². The number of quaternary nitrogens is 1. The average Bonchev–Trinajstić information content (AvgIpc) is 2.13. The van der Waals surface area contributed by atoms with Gasteiger partial charge in [-0.1, -0.05) is 0 Å². The maximum absolute atomic E-state index is 10.6. The minimum Gasteiger partial charge on any atom is -0.391 e. The predicted octanol–water partition coefficient (Wildman–Crippen LogP) is -0.423. The molecule has 16 heavy (non-hydrogen) atoms. The van der Waals surface area contributed by atoms with Crippen molar-refractivity contribution in [3.05, 3.63) is 0 Å². The monoisotopic (exact) mass is 226 g/mol. The zero-order valence-corrected chi connectivity index (χ0v) is 10.2. The first-order valence-electron chi connectivity index (χ1n) is 6.71. The summed E-state index contributed by atoms with van der Waals surface area (Å²) < 4.78 is 0. The summed E-state index contributed by atoms with van der Waals surface area (Å²) in [6, 6.07) is 0. The molecule has 0 radical (unpaired) electrons. The Balaban J connectivity index is 1.86. The van der Waals surface area contributed by atoms with E-state index in [9.17, 15) is 5.11 Å². The molecule has 0 spiro atoms. The van der Waals surface area contributed by atoms with E-state index in [4.69, 9.17) is 5.11 Å². The first-order valence-corrected chi connectivity index (χ1v) is 6.71. The molecule has 4 saturated carbocycles.